The lowest BCUT2D eigenvalue weighted by molar-refractivity contribution is 0.158. The molecule has 19 heavy (non-hydrogen) atoms. The van der Waals surface area contributed by atoms with Gasteiger partial charge in [-0.1, -0.05) is 65.7 Å². The van der Waals surface area contributed by atoms with Crippen molar-refractivity contribution in [2.45, 2.75) is 97.8 Å². The summed E-state index contributed by atoms with van der Waals surface area (Å²) in [5.41, 5.74) is 0.554. The van der Waals surface area contributed by atoms with E-state index in [9.17, 15) is 0 Å². The van der Waals surface area contributed by atoms with Crippen molar-refractivity contribution < 1.29 is 0 Å². The molecule has 1 nitrogen and oxygen atoms in total. The quantitative estimate of drug-likeness (QED) is 0.489. The van der Waals surface area contributed by atoms with Crippen LogP contribution in [0.25, 0.3) is 0 Å². The molecule has 0 unspecified atom stereocenters. The van der Waals surface area contributed by atoms with Gasteiger partial charge in [0.2, 0.25) is 0 Å². The van der Waals surface area contributed by atoms with E-state index in [1.807, 2.05) is 0 Å². The number of hydrogen-bond acceptors (Lipinski definition) is 1. The van der Waals surface area contributed by atoms with Crippen molar-refractivity contribution in [2.24, 2.45) is 5.41 Å². The van der Waals surface area contributed by atoms with Gasteiger partial charge >= 0.3 is 0 Å². The van der Waals surface area contributed by atoms with E-state index in [-0.39, 0.29) is 0 Å². The second-order valence-corrected chi connectivity index (χ2v) is 6.45. The minimum Gasteiger partial charge on any atom is -0.309 e. The Morgan fingerprint density at radius 3 is 2.11 bits per heavy atom. The summed E-state index contributed by atoms with van der Waals surface area (Å²) in [4.78, 5) is 0. The molecule has 0 atom stereocenters. The summed E-state index contributed by atoms with van der Waals surface area (Å²) in [5.74, 6) is 0. The Labute approximate surface area is 121 Å². The summed E-state index contributed by atoms with van der Waals surface area (Å²) in [7, 11) is 0. The van der Waals surface area contributed by atoms with E-state index in [0.717, 1.165) is 0 Å². The number of unbranched alkanes of at least 4 members (excludes halogenated alkanes) is 3. The lowest BCUT2D eigenvalue weighted by Gasteiger charge is -2.45. The molecule has 0 saturated heterocycles. The highest BCUT2D eigenvalue weighted by Crippen LogP contribution is 2.48. The average Bonchev–Trinajstić information content (AvgIpc) is 2.45. The Hall–Kier alpha value is -0.0400. The molecule has 1 aliphatic rings. The fourth-order valence-corrected chi connectivity index (χ4v) is 3.58. The van der Waals surface area contributed by atoms with Crippen molar-refractivity contribution >= 4 is 0 Å². The number of nitrogens with one attached hydrogen (secondary N) is 1. The molecular formula is C18H36N. The molecule has 0 spiro atoms. The van der Waals surface area contributed by atoms with Crippen molar-refractivity contribution in [1.29, 1.82) is 0 Å². The van der Waals surface area contributed by atoms with E-state index < -0.39 is 0 Å². The molecule has 1 N–H and O–H groups in total. The Kier molecular flexibility index (Phi) is 8.77. The van der Waals surface area contributed by atoms with Crippen LogP contribution in [-0.4, -0.2) is 6.54 Å². The standard InChI is InChI=1S/C18H36N/c1-4-7-13-18(14-8-5-2)15-11-10-12-17(18)19-16-9-6-3/h19H,4-16H2,1-3H3. The average molecular weight is 266 g/mol. The third-order valence-electron chi connectivity index (χ3n) is 4.86. The van der Waals surface area contributed by atoms with E-state index in [0.29, 0.717) is 5.41 Å². The highest BCUT2D eigenvalue weighted by Gasteiger charge is 2.39. The summed E-state index contributed by atoms with van der Waals surface area (Å²) in [6.07, 6.45) is 16.6. The van der Waals surface area contributed by atoms with Crippen LogP contribution < -0.4 is 5.32 Å². The molecule has 0 aliphatic heterocycles. The first-order valence-electron chi connectivity index (χ1n) is 8.89. The Morgan fingerprint density at radius 2 is 1.53 bits per heavy atom. The molecule has 0 heterocycles. The Bertz CT molecular complexity index is 204. The molecule has 1 saturated carbocycles. The summed E-state index contributed by atoms with van der Waals surface area (Å²) >= 11 is 0. The summed E-state index contributed by atoms with van der Waals surface area (Å²) in [6.45, 7) is 8.15. The van der Waals surface area contributed by atoms with Crippen LogP contribution in [0.5, 0.6) is 0 Å². The zero-order valence-corrected chi connectivity index (χ0v) is 13.7. The van der Waals surface area contributed by atoms with Crippen LogP contribution in [0.15, 0.2) is 0 Å². The van der Waals surface area contributed by atoms with Crippen LogP contribution >= 0.6 is 0 Å². The SMILES string of the molecule is CCCCN[C]1CCCCC1(CCCC)CCCC. The predicted octanol–water partition coefficient (Wildman–Crippen LogP) is 5.85. The van der Waals surface area contributed by atoms with E-state index in [4.69, 9.17) is 0 Å². The predicted molar refractivity (Wildman–Crippen MR) is 86.1 cm³/mol. The van der Waals surface area contributed by atoms with Crippen molar-refractivity contribution in [2.75, 3.05) is 6.54 Å². The highest BCUT2D eigenvalue weighted by molar-refractivity contribution is 5.07. The Balaban J connectivity index is 2.62. The van der Waals surface area contributed by atoms with E-state index in [1.165, 1.54) is 83.6 Å². The fourth-order valence-electron chi connectivity index (χ4n) is 3.58. The summed E-state index contributed by atoms with van der Waals surface area (Å²) in [5, 5.41) is 3.85. The second kappa shape index (κ2) is 9.80. The summed E-state index contributed by atoms with van der Waals surface area (Å²) < 4.78 is 0. The first kappa shape index (κ1) is 17.0. The zero-order valence-electron chi connectivity index (χ0n) is 13.7. The van der Waals surface area contributed by atoms with Crippen molar-refractivity contribution in [3.8, 4) is 0 Å². The molecule has 1 heteroatoms. The van der Waals surface area contributed by atoms with Crippen molar-refractivity contribution in [3.63, 3.8) is 0 Å². The minimum absolute atomic E-state index is 0.554. The molecule has 1 radical (unpaired) electrons. The molecule has 1 aliphatic carbocycles. The van der Waals surface area contributed by atoms with Gasteiger partial charge in [0.15, 0.2) is 0 Å². The van der Waals surface area contributed by atoms with Crippen LogP contribution in [0.2, 0.25) is 0 Å². The van der Waals surface area contributed by atoms with Crippen LogP contribution in [-0.2, 0) is 0 Å². The maximum absolute atomic E-state index is 3.85. The number of hydrogen-bond donors (Lipinski definition) is 1. The Morgan fingerprint density at radius 1 is 0.895 bits per heavy atom. The molecule has 1 rings (SSSR count). The van der Waals surface area contributed by atoms with Gasteiger partial charge in [0.05, 0.1) is 0 Å². The molecule has 1 fully saturated rings. The maximum Gasteiger partial charge on any atom is 0.0426 e. The lowest BCUT2D eigenvalue weighted by Crippen LogP contribution is -2.41. The topological polar surface area (TPSA) is 12.0 Å². The van der Waals surface area contributed by atoms with E-state index >= 15 is 0 Å². The van der Waals surface area contributed by atoms with Gasteiger partial charge < -0.3 is 5.32 Å². The minimum atomic E-state index is 0.554. The third-order valence-corrected chi connectivity index (χ3v) is 4.86. The van der Waals surface area contributed by atoms with Crippen molar-refractivity contribution in [1.82, 2.24) is 5.32 Å². The number of rotatable bonds is 10. The molecular weight excluding hydrogens is 230 g/mol. The highest BCUT2D eigenvalue weighted by atomic mass is 14.9. The fraction of sp³-hybridized carbons (Fsp3) is 0.944. The van der Waals surface area contributed by atoms with Crippen LogP contribution in [0.1, 0.15) is 97.8 Å². The smallest absolute Gasteiger partial charge is 0.0426 e. The van der Waals surface area contributed by atoms with Crippen LogP contribution in [0, 0.1) is 11.5 Å². The van der Waals surface area contributed by atoms with Gasteiger partial charge in [0.25, 0.3) is 0 Å². The van der Waals surface area contributed by atoms with Gasteiger partial charge in [-0.2, -0.15) is 0 Å². The van der Waals surface area contributed by atoms with Crippen LogP contribution in [0.3, 0.4) is 0 Å². The largest absolute Gasteiger partial charge is 0.309 e. The molecule has 113 valence electrons. The lowest BCUT2D eigenvalue weighted by atomic mass is 9.64. The molecule has 0 aromatic carbocycles. The summed E-state index contributed by atoms with van der Waals surface area (Å²) in [6, 6.07) is 1.73. The first-order valence-corrected chi connectivity index (χ1v) is 8.89. The normalized spacial score (nSPS) is 19.7. The van der Waals surface area contributed by atoms with E-state index in [1.54, 1.807) is 6.04 Å². The first-order chi connectivity index (χ1) is 9.29. The molecule has 0 aromatic heterocycles. The van der Waals surface area contributed by atoms with Crippen LogP contribution in [0.4, 0.5) is 0 Å². The van der Waals surface area contributed by atoms with Gasteiger partial charge in [-0.3, -0.25) is 0 Å². The van der Waals surface area contributed by atoms with Gasteiger partial charge in [-0.25, -0.2) is 0 Å². The monoisotopic (exact) mass is 266 g/mol. The van der Waals surface area contributed by atoms with Gasteiger partial charge in [0, 0.05) is 6.04 Å². The maximum atomic E-state index is 3.85. The van der Waals surface area contributed by atoms with Crippen molar-refractivity contribution in [3.05, 3.63) is 6.04 Å². The third kappa shape index (κ3) is 5.45. The van der Waals surface area contributed by atoms with Gasteiger partial charge in [-0.05, 0) is 44.1 Å². The molecule has 0 bridgehead atoms. The molecule has 0 amide bonds. The zero-order chi connectivity index (χ0) is 14.0. The second-order valence-electron chi connectivity index (χ2n) is 6.45. The molecule has 0 aromatic rings. The van der Waals surface area contributed by atoms with Gasteiger partial charge in [0.1, 0.15) is 0 Å². The van der Waals surface area contributed by atoms with E-state index in [2.05, 4.69) is 26.1 Å². The van der Waals surface area contributed by atoms with Gasteiger partial charge in [-0.15, -0.1) is 0 Å².